The molecule has 1 radical (unpaired) electrons. The monoisotopic (exact) mass is 160 g/mol. The first-order chi connectivity index (χ1) is 5.16. The first-order valence-electron chi connectivity index (χ1n) is 2.93. The highest BCUT2D eigenvalue weighted by molar-refractivity contribution is 5.20. The van der Waals surface area contributed by atoms with Gasteiger partial charge in [0.2, 0.25) is 0 Å². The first kappa shape index (κ1) is 8.07. The molecule has 0 saturated heterocycles. The number of hydrogen-bond acceptors (Lipinski definition) is 0. The summed E-state index contributed by atoms with van der Waals surface area (Å²) in [7, 11) is 0. The molecule has 0 unspecified atom stereocenters. The smallest absolute Gasteiger partial charge is 0.166 e. The molecule has 0 amide bonds. The summed E-state index contributed by atoms with van der Waals surface area (Å²) in [5, 5.41) is 0. The maximum Gasteiger partial charge on any atom is 0.166 e. The number of hydrogen-bond donors (Lipinski definition) is 0. The minimum Gasteiger partial charge on any atom is -0.253 e. The van der Waals surface area contributed by atoms with Crippen molar-refractivity contribution >= 4 is 0 Å². The van der Waals surface area contributed by atoms with Crippen LogP contribution in [0.15, 0.2) is 12.1 Å². The Bertz CT molecular complexity index is 273. The van der Waals surface area contributed by atoms with Gasteiger partial charge in [0.05, 0.1) is 0 Å². The lowest BCUT2D eigenvalue weighted by Crippen LogP contribution is -1.98. The van der Waals surface area contributed by atoms with Gasteiger partial charge in [-0.3, -0.25) is 5.73 Å². The van der Waals surface area contributed by atoms with Gasteiger partial charge in [0.25, 0.3) is 0 Å². The largest absolute Gasteiger partial charge is 0.253 e. The van der Waals surface area contributed by atoms with E-state index in [4.69, 9.17) is 5.73 Å². The predicted molar refractivity (Wildman–Crippen MR) is 33.1 cm³/mol. The van der Waals surface area contributed by atoms with Gasteiger partial charge in [-0.15, -0.1) is 0 Å². The van der Waals surface area contributed by atoms with Gasteiger partial charge in [-0.05, 0) is 12.1 Å². The molecule has 59 valence electrons. The van der Waals surface area contributed by atoms with Gasteiger partial charge in [0.1, 0.15) is 5.82 Å². The molecule has 11 heavy (non-hydrogen) atoms. The van der Waals surface area contributed by atoms with Crippen molar-refractivity contribution in [1.29, 1.82) is 0 Å². The van der Waals surface area contributed by atoms with Gasteiger partial charge in [0.15, 0.2) is 11.6 Å². The van der Waals surface area contributed by atoms with E-state index in [0.717, 1.165) is 6.07 Å². The topological polar surface area (TPSA) is 23.8 Å². The standard InChI is InChI=1S/C7H5F3N/c8-5-1-2-6(9)7(10)4(5)3-11/h1-2,11H,3H2. The summed E-state index contributed by atoms with van der Waals surface area (Å²) in [4.78, 5) is 0. The van der Waals surface area contributed by atoms with Crippen LogP contribution in [0, 0.1) is 17.5 Å². The average Bonchev–Trinajstić information content (AvgIpc) is 1.99. The molecule has 0 aliphatic rings. The van der Waals surface area contributed by atoms with Crippen molar-refractivity contribution in [3.63, 3.8) is 0 Å². The average molecular weight is 160 g/mol. The van der Waals surface area contributed by atoms with Crippen LogP contribution in [0.5, 0.6) is 0 Å². The molecule has 1 N–H and O–H groups in total. The SMILES string of the molecule is [NH]Cc1c(F)ccc(F)c1F. The molecular weight excluding hydrogens is 155 g/mol. The van der Waals surface area contributed by atoms with Gasteiger partial charge < -0.3 is 0 Å². The fourth-order valence-electron chi connectivity index (χ4n) is 0.731. The third-order valence-electron chi connectivity index (χ3n) is 1.32. The number of nitrogens with one attached hydrogen (secondary N) is 1. The highest BCUT2D eigenvalue weighted by Crippen LogP contribution is 2.14. The number of rotatable bonds is 1. The maximum atomic E-state index is 12.5. The van der Waals surface area contributed by atoms with Crippen LogP contribution in [-0.4, -0.2) is 0 Å². The van der Waals surface area contributed by atoms with Crippen molar-refractivity contribution in [3.05, 3.63) is 35.1 Å². The lowest BCUT2D eigenvalue weighted by molar-refractivity contribution is 0.479. The van der Waals surface area contributed by atoms with Gasteiger partial charge in [-0.25, -0.2) is 13.2 Å². The fraction of sp³-hybridized carbons (Fsp3) is 0.143. The summed E-state index contributed by atoms with van der Waals surface area (Å²) < 4.78 is 37.4. The van der Waals surface area contributed by atoms with Gasteiger partial charge in [0, 0.05) is 12.1 Å². The van der Waals surface area contributed by atoms with E-state index in [1.165, 1.54) is 0 Å². The summed E-state index contributed by atoms with van der Waals surface area (Å²) in [6.07, 6.45) is 0. The third-order valence-corrected chi connectivity index (χ3v) is 1.32. The van der Waals surface area contributed by atoms with Crippen LogP contribution in [0.2, 0.25) is 0 Å². The molecular formula is C7H5F3N. The van der Waals surface area contributed by atoms with Gasteiger partial charge in [-0.1, -0.05) is 0 Å². The summed E-state index contributed by atoms with van der Waals surface area (Å²) in [5.74, 6) is -3.26. The second-order valence-corrected chi connectivity index (χ2v) is 2.00. The van der Waals surface area contributed by atoms with E-state index in [2.05, 4.69) is 0 Å². The molecule has 0 aliphatic carbocycles. The molecule has 0 aromatic heterocycles. The van der Waals surface area contributed by atoms with Crippen LogP contribution in [0.3, 0.4) is 0 Å². The van der Waals surface area contributed by atoms with Crippen molar-refractivity contribution in [3.8, 4) is 0 Å². The quantitative estimate of drug-likeness (QED) is 0.560. The van der Waals surface area contributed by atoms with E-state index < -0.39 is 29.6 Å². The molecule has 0 atom stereocenters. The molecule has 1 nitrogen and oxygen atoms in total. The summed E-state index contributed by atoms with van der Waals surface area (Å²) in [6.45, 7) is -0.588. The van der Waals surface area contributed by atoms with Crippen LogP contribution in [0.4, 0.5) is 13.2 Å². The second-order valence-electron chi connectivity index (χ2n) is 2.00. The van der Waals surface area contributed by atoms with Crippen molar-refractivity contribution in [2.24, 2.45) is 0 Å². The van der Waals surface area contributed by atoms with Crippen LogP contribution in [0.1, 0.15) is 5.56 Å². The Labute approximate surface area is 61.6 Å². The Morgan fingerprint density at radius 3 is 2.09 bits per heavy atom. The van der Waals surface area contributed by atoms with E-state index in [0.29, 0.717) is 6.07 Å². The molecule has 0 heterocycles. The second kappa shape index (κ2) is 2.92. The van der Waals surface area contributed by atoms with Crippen molar-refractivity contribution in [1.82, 2.24) is 5.73 Å². The van der Waals surface area contributed by atoms with Crippen molar-refractivity contribution in [2.45, 2.75) is 6.54 Å². The van der Waals surface area contributed by atoms with E-state index in [1.54, 1.807) is 0 Å². The zero-order valence-corrected chi connectivity index (χ0v) is 5.50. The Hall–Kier alpha value is -1.03. The lowest BCUT2D eigenvalue weighted by Gasteiger charge is -2.00. The van der Waals surface area contributed by atoms with Crippen LogP contribution in [0.25, 0.3) is 0 Å². The van der Waals surface area contributed by atoms with E-state index in [1.807, 2.05) is 0 Å². The summed E-state index contributed by atoms with van der Waals surface area (Å²) >= 11 is 0. The molecule has 0 bridgehead atoms. The molecule has 1 aromatic rings. The van der Waals surface area contributed by atoms with E-state index in [9.17, 15) is 13.2 Å². The summed E-state index contributed by atoms with van der Waals surface area (Å²) in [5.41, 5.74) is 6.15. The Morgan fingerprint density at radius 1 is 1.09 bits per heavy atom. The van der Waals surface area contributed by atoms with Crippen molar-refractivity contribution < 1.29 is 13.2 Å². The molecule has 0 fully saturated rings. The lowest BCUT2D eigenvalue weighted by atomic mass is 10.2. The Balaban J connectivity index is 3.29. The molecule has 0 spiro atoms. The van der Waals surface area contributed by atoms with Crippen LogP contribution in [-0.2, 0) is 6.54 Å². The first-order valence-corrected chi connectivity index (χ1v) is 2.93. The molecule has 0 saturated carbocycles. The molecule has 0 aliphatic heterocycles. The van der Waals surface area contributed by atoms with Crippen LogP contribution >= 0.6 is 0 Å². The minimum atomic E-state index is -1.26. The normalized spacial score (nSPS) is 10.2. The van der Waals surface area contributed by atoms with Gasteiger partial charge >= 0.3 is 0 Å². The van der Waals surface area contributed by atoms with E-state index in [-0.39, 0.29) is 0 Å². The minimum absolute atomic E-state index is 0.523. The van der Waals surface area contributed by atoms with E-state index >= 15 is 0 Å². The summed E-state index contributed by atoms with van der Waals surface area (Å²) in [6, 6.07) is 1.51. The highest BCUT2D eigenvalue weighted by atomic mass is 19.2. The number of benzene rings is 1. The molecule has 1 aromatic carbocycles. The van der Waals surface area contributed by atoms with Crippen LogP contribution < -0.4 is 5.73 Å². The molecule has 4 heteroatoms. The zero-order chi connectivity index (χ0) is 8.43. The zero-order valence-electron chi connectivity index (χ0n) is 5.50. The third kappa shape index (κ3) is 1.35. The Kier molecular flexibility index (Phi) is 2.14. The molecule has 1 rings (SSSR count). The van der Waals surface area contributed by atoms with Gasteiger partial charge in [-0.2, -0.15) is 0 Å². The fourth-order valence-corrected chi connectivity index (χ4v) is 0.731. The number of halogens is 3. The Morgan fingerprint density at radius 2 is 1.64 bits per heavy atom. The van der Waals surface area contributed by atoms with Crippen molar-refractivity contribution in [2.75, 3.05) is 0 Å². The maximum absolute atomic E-state index is 12.5. The highest BCUT2D eigenvalue weighted by Gasteiger charge is 2.11. The predicted octanol–water partition coefficient (Wildman–Crippen LogP) is 1.89.